The summed E-state index contributed by atoms with van der Waals surface area (Å²) in [6, 6.07) is 15.3. The lowest BCUT2D eigenvalue weighted by Gasteiger charge is -2.04. The molecule has 0 aliphatic heterocycles. The summed E-state index contributed by atoms with van der Waals surface area (Å²) >= 11 is 5.94. The molecule has 0 atom stereocenters. The molecule has 0 aliphatic rings. The fourth-order valence-electron chi connectivity index (χ4n) is 2.60. The van der Waals surface area contributed by atoms with Gasteiger partial charge in [0.15, 0.2) is 12.2 Å². The molecule has 7 heteroatoms. The van der Waals surface area contributed by atoms with E-state index in [1.807, 2.05) is 53.2 Å². The first-order valence-electron chi connectivity index (χ1n) is 7.60. The smallest absolute Gasteiger partial charge is 0.294 e. The number of para-hydroxylation sites is 1. The molecule has 1 N–H and O–H groups in total. The van der Waals surface area contributed by atoms with E-state index in [-0.39, 0.29) is 11.7 Å². The number of rotatable bonds is 4. The third-order valence-electron chi connectivity index (χ3n) is 3.79. The zero-order chi connectivity index (χ0) is 17.2. The van der Waals surface area contributed by atoms with E-state index < -0.39 is 0 Å². The van der Waals surface area contributed by atoms with Gasteiger partial charge in [0, 0.05) is 10.4 Å². The van der Waals surface area contributed by atoms with Crippen LogP contribution in [0, 0.1) is 0 Å². The summed E-state index contributed by atoms with van der Waals surface area (Å²) in [6.07, 6.45) is 2.58. The van der Waals surface area contributed by atoms with Gasteiger partial charge in [-0.1, -0.05) is 35.9 Å². The summed E-state index contributed by atoms with van der Waals surface area (Å²) in [6.45, 7) is 0.565. The van der Waals surface area contributed by atoms with Crippen LogP contribution in [0.25, 0.3) is 10.9 Å². The van der Waals surface area contributed by atoms with Gasteiger partial charge in [0.05, 0.1) is 18.3 Å². The Hall–Kier alpha value is -3.12. The highest BCUT2D eigenvalue weighted by Crippen LogP contribution is 2.24. The van der Waals surface area contributed by atoms with E-state index in [4.69, 9.17) is 16.0 Å². The van der Waals surface area contributed by atoms with E-state index in [0.29, 0.717) is 17.4 Å². The second kappa shape index (κ2) is 6.41. The second-order valence-corrected chi connectivity index (χ2v) is 5.91. The highest BCUT2D eigenvalue weighted by molar-refractivity contribution is 6.30. The maximum absolute atomic E-state index is 12.2. The fraction of sp³-hybridized carbons (Fsp3) is 0.0556. The molecule has 0 radical (unpaired) electrons. The van der Waals surface area contributed by atoms with E-state index >= 15 is 0 Å². The summed E-state index contributed by atoms with van der Waals surface area (Å²) in [5, 5.41) is 8.86. The third-order valence-corrected chi connectivity index (χ3v) is 4.04. The van der Waals surface area contributed by atoms with Gasteiger partial charge >= 0.3 is 0 Å². The quantitative estimate of drug-likeness (QED) is 0.603. The lowest BCUT2D eigenvalue weighted by molar-refractivity contribution is 0.0996. The van der Waals surface area contributed by atoms with Crippen molar-refractivity contribution < 1.29 is 9.21 Å². The first-order valence-corrected chi connectivity index (χ1v) is 7.98. The maximum atomic E-state index is 12.2. The number of hydrogen-bond donors (Lipinski definition) is 1. The van der Waals surface area contributed by atoms with Crippen LogP contribution in [-0.4, -0.2) is 20.7 Å². The molecule has 0 saturated carbocycles. The van der Waals surface area contributed by atoms with Gasteiger partial charge in [0.1, 0.15) is 0 Å². The first kappa shape index (κ1) is 15.4. The summed E-state index contributed by atoms with van der Waals surface area (Å²) in [7, 11) is 0. The predicted molar refractivity (Wildman–Crippen MR) is 94.7 cm³/mol. The zero-order valence-electron chi connectivity index (χ0n) is 13.0. The summed E-state index contributed by atoms with van der Waals surface area (Å²) in [5.41, 5.74) is 1.98. The van der Waals surface area contributed by atoms with Crippen molar-refractivity contribution in [3.05, 3.63) is 77.5 Å². The van der Waals surface area contributed by atoms with Crippen LogP contribution in [0.2, 0.25) is 5.02 Å². The molecule has 0 spiro atoms. The van der Waals surface area contributed by atoms with Crippen molar-refractivity contribution in [2.45, 2.75) is 6.54 Å². The Morgan fingerprint density at radius 1 is 1.16 bits per heavy atom. The molecule has 0 aliphatic carbocycles. The number of nitrogens with one attached hydrogen (secondary N) is 1. The van der Waals surface area contributed by atoms with Crippen molar-refractivity contribution in [3.63, 3.8) is 0 Å². The van der Waals surface area contributed by atoms with Crippen LogP contribution in [0.5, 0.6) is 0 Å². The number of carbonyl (C=O) groups excluding carboxylic acids is 1. The number of carbonyl (C=O) groups is 1. The molecule has 0 unspecified atom stereocenters. The lowest BCUT2D eigenvalue weighted by Crippen LogP contribution is -2.12. The minimum absolute atomic E-state index is 0.135. The van der Waals surface area contributed by atoms with Crippen molar-refractivity contribution >= 4 is 34.2 Å². The van der Waals surface area contributed by atoms with E-state index in [0.717, 1.165) is 16.5 Å². The molecule has 4 aromatic rings. The van der Waals surface area contributed by atoms with Crippen molar-refractivity contribution in [2.24, 2.45) is 0 Å². The molecule has 4 rings (SSSR count). The van der Waals surface area contributed by atoms with Crippen molar-refractivity contribution in [1.29, 1.82) is 0 Å². The average Bonchev–Trinajstić information content (AvgIpc) is 3.27. The topological polar surface area (TPSA) is 73.0 Å². The Bertz CT molecular complexity index is 1020. The van der Waals surface area contributed by atoms with Gasteiger partial charge in [-0.05, 0) is 29.8 Å². The largest absolute Gasteiger partial charge is 0.438 e. The molecule has 0 bridgehead atoms. The zero-order valence-corrected chi connectivity index (χ0v) is 13.8. The molecular weight excluding hydrogens is 340 g/mol. The van der Waals surface area contributed by atoms with Crippen molar-refractivity contribution in [3.8, 4) is 0 Å². The Balaban J connectivity index is 1.68. The standard InChI is InChI=1S/C18H13ClN4O2/c19-13-7-5-12(6-8-13)10-23-15-4-2-1-3-14(15)17(22-23)21-18(24)16-9-20-11-25-16/h1-9,11H,10H2,(H,21,22,24). The van der Waals surface area contributed by atoms with Gasteiger partial charge in [-0.25, -0.2) is 4.98 Å². The second-order valence-electron chi connectivity index (χ2n) is 5.47. The van der Waals surface area contributed by atoms with E-state index in [1.54, 1.807) is 0 Å². The number of nitrogens with zero attached hydrogens (tertiary/aromatic N) is 3. The van der Waals surface area contributed by atoms with E-state index in [9.17, 15) is 4.79 Å². The molecule has 6 nitrogen and oxygen atoms in total. The van der Waals surface area contributed by atoms with E-state index in [1.165, 1.54) is 12.6 Å². The maximum Gasteiger partial charge on any atom is 0.294 e. The monoisotopic (exact) mass is 352 g/mol. The van der Waals surface area contributed by atoms with Gasteiger partial charge in [0.2, 0.25) is 5.76 Å². The Kier molecular flexibility index (Phi) is 3.95. The number of benzene rings is 2. The minimum Gasteiger partial charge on any atom is -0.438 e. The normalized spacial score (nSPS) is 10.9. The van der Waals surface area contributed by atoms with Gasteiger partial charge < -0.3 is 9.73 Å². The third kappa shape index (κ3) is 3.12. The van der Waals surface area contributed by atoms with Crippen LogP contribution >= 0.6 is 11.6 Å². The van der Waals surface area contributed by atoms with Gasteiger partial charge in [-0.2, -0.15) is 5.10 Å². The minimum atomic E-state index is -0.389. The number of hydrogen-bond acceptors (Lipinski definition) is 4. The first-order chi connectivity index (χ1) is 12.2. The predicted octanol–water partition coefficient (Wildman–Crippen LogP) is 3.98. The van der Waals surface area contributed by atoms with Gasteiger partial charge in [-0.3, -0.25) is 9.48 Å². The molecule has 0 saturated heterocycles. The van der Waals surface area contributed by atoms with Crippen LogP contribution < -0.4 is 5.32 Å². The Labute approximate surface area is 148 Å². The molecule has 2 aromatic carbocycles. The molecule has 2 aromatic heterocycles. The summed E-state index contributed by atoms with van der Waals surface area (Å²) < 4.78 is 6.86. The number of aromatic nitrogens is 3. The molecule has 2 heterocycles. The lowest BCUT2D eigenvalue weighted by atomic mass is 10.2. The molecular formula is C18H13ClN4O2. The SMILES string of the molecule is O=C(Nc1nn(Cc2ccc(Cl)cc2)c2ccccc12)c1cnco1. The Morgan fingerprint density at radius 3 is 2.72 bits per heavy atom. The van der Waals surface area contributed by atoms with Crippen LogP contribution in [0.3, 0.4) is 0 Å². The van der Waals surface area contributed by atoms with Gasteiger partial charge in [0.25, 0.3) is 5.91 Å². The molecule has 124 valence electrons. The average molecular weight is 353 g/mol. The molecule has 1 amide bonds. The van der Waals surface area contributed by atoms with Crippen LogP contribution in [-0.2, 0) is 6.54 Å². The van der Waals surface area contributed by atoms with Crippen molar-refractivity contribution in [2.75, 3.05) is 5.32 Å². The molecule has 25 heavy (non-hydrogen) atoms. The number of amides is 1. The highest BCUT2D eigenvalue weighted by Gasteiger charge is 2.16. The number of halogens is 1. The van der Waals surface area contributed by atoms with Crippen LogP contribution in [0.1, 0.15) is 16.1 Å². The number of fused-ring (bicyclic) bond motifs is 1. The Morgan fingerprint density at radius 2 is 1.96 bits per heavy atom. The van der Waals surface area contributed by atoms with Crippen molar-refractivity contribution in [1.82, 2.24) is 14.8 Å². The summed E-state index contributed by atoms with van der Waals surface area (Å²) in [5.74, 6) is 0.224. The fourth-order valence-corrected chi connectivity index (χ4v) is 2.73. The van der Waals surface area contributed by atoms with Crippen LogP contribution in [0.15, 0.2) is 65.5 Å². The summed E-state index contributed by atoms with van der Waals surface area (Å²) in [4.78, 5) is 16.0. The van der Waals surface area contributed by atoms with E-state index in [2.05, 4.69) is 15.4 Å². The van der Waals surface area contributed by atoms with Crippen LogP contribution in [0.4, 0.5) is 5.82 Å². The van der Waals surface area contributed by atoms with Gasteiger partial charge in [-0.15, -0.1) is 0 Å². The molecule has 0 fully saturated rings. The highest BCUT2D eigenvalue weighted by atomic mass is 35.5. The number of oxazole rings is 1. The number of anilines is 1.